The number of hydrogen-bond acceptors (Lipinski definition) is 3. The Morgan fingerprint density at radius 1 is 1.10 bits per heavy atom. The van der Waals surface area contributed by atoms with Crippen LogP contribution in [0.3, 0.4) is 0 Å². The number of carboxylic acid groups (broad SMARTS) is 1. The van der Waals surface area contributed by atoms with Gasteiger partial charge in [0, 0.05) is 6.21 Å². The molecular formula is C16H16N2O2. The highest BCUT2D eigenvalue weighted by atomic mass is 16.4. The number of anilines is 1. The molecule has 4 nitrogen and oxygen atoms in total. The lowest BCUT2D eigenvalue weighted by Crippen LogP contribution is -1.96. The van der Waals surface area contributed by atoms with Crippen LogP contribution in [0.4, 0.5) is 5.69 Å². The molecule has 0 fully saturated rings. The molecule has 102 valence electrons. The highest BCUT2D eigenvalue weighted by molar-refractivity contribution is 5.88. The largest absolute Gasteiger partial charge is 0.478 e. The summed E-state index contributed by atoms with van der Waals surface area (Å²) in [5.74, 6) is -0.928. The van der Waals surface area contributed by atoms with Gasteiger partial charge in [-0.25, -0.2) is 4.79 Å². The first-order chi connectivity index (χ1) is 9.75. The number of benzene rings is 2. The summed E-state index contributed by atoms with van der Waals surface area (Å²) in [4.78, 5) is 10.7. The Balaban J connectivity index is 1.77. The van der Waals surface area contributed by atoms with Crippen molar-refractivity contribution < 1.29 is 9.90 Å². The minimum atomic E-state index is -0.928. The highest BCUT2D eigenvalue weighted by Gasteiger charge is 2.00. The van der Waals surface area contributed by atoms with Crippen LogP contribution in [0, 0.1) is 0 Å². The molecule has 0 aromatic heterocycles. The molecule has 0 amide bonds. The van der Waals surface area contributed by atoms with Crippen molar-refractivity contribution >= 4 is 17.9 Å². The van der Waals surface area contributed by atoms with Crippen molar-refractivity contribution in [1.29, 1.82) is 0 Å². The van der Waals surface area contributed by atoms with Gasteiger partial charge in [-0.1, -0.05) is 30.3 Å². The smallest absolute Gasteiger partial charge is 0.335 e. The van der Waals surface area contributed by atoms with Crippen LogP contribution in [0.1, 0.15) is 22.3 Å². The monoisotopic (exact) mass is 268 g/mol. The third kappa shape index (κ3) is 4.24. The molecule has 0 bridgehead atoms. The number of aromatic carboxylic acids is 1. The van der Waals surface area contributed by atoms with Gasteiger partial charge in [-0.2, -0.15) is 5.10 Å². The van der Waals surface area contributed by atoms with Gasteiger partial charge in [0.1, 0.15) is 0 Å². The number of nitrogens with one attached hydrogen (secondary N) is 1. The van der Waals surface area contributed by atoms with Gasteiger partial charge in [-0.15, -0.1) is 0 Å². The fourth-order valence-corrected chi connectivity index (χ4v) is 1.75. The van der Waals surface area contributed by atoms with Crippen LogP contribution in [0.25, 0.3) is 0 Å². The summed E-state index contributed by atoms with van der Waals surface area (Å²) in [5, 5.41) is 12.9. The number of carboxylic acids is 1. The lowest BCUT2D eigenvalue weighted by molar-refractivity contribution is 0.0697. The van der Waals surface area contributed by atoms with E-state index in [4.69, 9.17) is 5.11 Å². The Bertz CT molecular complexity index is 577. The van der Waals surface area contributed by atoms with Crippen LogP contribution < -0.4 is 5.43 Å². The minimum absolute atomic E-state index is 0.267. The number of hydrogen-bond donors (Lipinski definition) is 2. The molecule has 4 heteroatoms. The van der Waals surface area contributed by atoms with E-state index in [1.165, 1.54) is 5.56 Å². The maximum atomic E-state index is 10.7. The summed E-state index contributed by atoms with van der Waals surface area (Å²) >= 11 is 0. The average molecular weight is 268 g/mol. The molecule has 2 aromatic rings. The lowest BCUT2D eigenvalue weighted by atomic mass is 10.1. The van der Waals surface area contributed by atoms with Crippen molar-refractivity contribution in [3.8, 4) is 0 Å². The third-order valence-corrected chi connectivity index (χ3v) is 2.82. The summed E-state index contributed by atoms with van der Waals surface area (Å²) in [6, 6.07) is 16.7. The minimum Gasteiger partial charge on any atom is -0.478 e. The van der Waals surface area contributed by atoms with Crippen LogP contribution in [0.15, 0.2) is 59.7 Å². The van der Waals surface area contributed by atoms with Crippen molar-refractivity contribution in [2.45, 2.75) is 12.8 Å². The van der Waals surface area contributed by atoms with Gasteiger partial charge >= 0.3 is 5.97 Å². The Morgan fingerprint density at radius 2 is 1.80 bits per heavy atom. The maximum Gasteiger partial charge on any atom is 0.335 e. The lowest BCUT2D eigenvalue weighted by Gasteiger charge is -2.00. The quantitative estimate of drug-likeness (QED) is 0.623. The number of carbonyl (C=O) groups is 1. The van der Waals surface area contributed by atoms with E-state index in [0.717, 1.165) is 18.5 Å². The summed E-state index contributed by atoms with van der Waals surface area (Å²) in [6.45, 7) is 0. The second kappa shape index (κ2) is 7.09. The fraction of sp³-hybridized carbons (Fsp3) is 0.125. The summed E-state index contributed by atoms with van der Waals surface area (Å²) < 4.78 is 0. The van der Waals surface area contributed by atoms with E-state index in [0.29, 0.717) is 0 Å². The molecule has 0 aliphatic carbocycles. The summed E-state index contributed by atoms with van der Waals surface area (Å²) in [7, 11) is 0. The first-order valence-corrected chi connectivity index (χ1v) is 6.40. The molecule has 0 aliphatic rings. The second-order valence-electron chi connectivity index (χ2n) is 4.33. The summed E-state index contributed by atoms with van der Waals surface area (Å²) in [5.41, 5.74) is 5.19. The number of nitrogens with zero attached hydrogens (tertiary/aromatic N) is 1. The summed E-state index contributed by atoms with van der Waals surface area (Å²) in [6.07, 6.45) is 3.62. The molecular weight excluding hydrogens is 252 g/mol. The molecule has 0 heterocycles. The Labute approximate surface area is 117 Å². The van der Waals surface area contributed by atoms with Gasteiger partial charge in [0.15, 0.2) is 0 Å². The van der Waals surface area contributed by atoms with Gasteiger partial charge in [0.05, 0.1) is 11.3 Å². The predicted molar refractivity (Wildman–Crippen MR) is 80.3 cm³/mol. The van der Waals surface area contributed by atoms with Crippen LogP contribution in [-0.4, -0.2) is 17.3 Å². The van der Waals surface area contributed by atoms with Crippen LogP contribution >= 0.6 is 0 Å². The first-order valence-electron chi connectivity index (χ1n) is 6.40. The molecule has 0 unspecified atom stereocenters. The van der Waals surface area contributed by atoms with Crippen LogP contribution in [0.5, 0.6) is 0 Å². The second-order valence-corrected chi connectivity index (χ2v) is 4.33. The SMILES string of the molecule is O=C(O)c1ccc(N/N=C\CCc2ccccc2)cc1. The topological polar surface area (TPSA) is 61.7 Å². The molecule has 0 atom stereocenters. The average Bonchev–Trinajstić information content (AvgIpc) is 2.48. The molecule has 0 spiro atoms. The molecule has 0 saturated carbocycles. The Hall–Kier alpha value is -2.62. The maximum absolute atomic E-state index is 10.7. The Morgan fingerprint density at radius 3 is 2.45 bits per heavy atom. The first kappa shape index (κ1) is 13.8. The highest BCUT2D eigenvalue weighted by Crippen LogP contribution is 2.09. The van der Waals surface area contributed by atoms with Crippen molar-refractivity contribution in [2.24, 2.45) is 5.10 Å². The van der Waals surface area contributed by atoms with Gasteiger partial charge < -0.3 is 5.11 Å². The molecule has 0 aliphatic heterocycles. The zero-order valence-electron chi connectivity index (χ0n) is 11.0. The van der Waals surface area contributed by atoms with E-state index in [9.17, 15) is 4.79 Å². The van der Waals surface area contributed by atoms with Crippen LogP contribution in [0.2, 0.25) is 0 Å². The molecule has 2 N–H and O–H groups in total. The standard InChI is InChI=1S/C16H16N2O2/c19-16(20)14-8-10-15(11-9-14)18-17-12-4-7-13-5-2-1-3-6-13/h1-3,5-6,8-12,18H,4,7H2,(H,19,20)/b17-12-. The van der Waals surface area contributed by atoms with E-state index < -0.39 is 5.97 Å². The van der Waals surface area contributed by atoms with Crippen LogP contribution in [-0.2, 0) is 6.42 Å². The van der Waals surface area contributed by atoms with E-state index in [1.807, 2.05) is 24.4 Å². The van der Waals surface area contributed by atoms with E-state index in [2.05, 4.69) is 22.7 Å². The molecule has 2 rings (SSSR count). The van der Waals surface area contributed by atoms with Gasteiger partial charge in [-0.05, 0) is 42.7 Å². The zero-order valence-corrected chi connectivity index (χ0v) is 11.0. The van der Waals surface area contributed by atoms with Crippen molar-refractivity contribution in [1.82, 2.24) is 0 Å². The number of rotatable bonds is 6. The van der Waals surface area contributed by atoms with E-state index in [1.54, 1.807) is 24.3 Å². The van der Waals surface area contributed by atoms with E-state index >= 15 is 0 Å². The zero-order chi connectivity index (χ0) is 14.2. The number of hydrazone groups is 1. The number of aryl methyl sites for hydroxylation is 1. The molecule has 20 heavy (non-hydrogen) atoms. The van der Waals surface area contributed by atoms with Crippen molar-refractivity contribution in [3.05, 3.63) is 65.7 Å². The van der Waals surface area contributed by atoms with Gasteiger partial charge in [-0.3, -0.25) is 5.43 Å². The molecule has 2 aromatic carbocycles. The molecule has 0 saturated heterocycles. The van der Waals surface area contributed by atoms with Gasteiger partial charge in [0.2, 0.25) is 0 Å². The van der Waals surface area contributed by atoms with Crippen molar-refractivity contribution in [2.75, 3.05) is 5.43 Å². The fourth-order valence-electron chi connectivity index (χ4n) is 1.75. The van der Waals surface area contributed by atoms with Crippen molar-refractivity contribution in [3.63, 3.8) is 0 Å². The predicted octanol–water partition coefficient (Wildman–Crippen LogP) is 3.42. The molecule has 0 radical (unpaired) electrons. The van der Waals surface area contributed by atoms with E-state index in [-0.39, 0.29) is 5.56 Å². The third-order valence-electron chi connectivity index (χ3n) is 2.82. The Kier molecular flexibility index (Phi) is 4.89. The van der Waals surface area contributed by atoms with Gasteiger partial charge in [0.25, 0.3) is 0 Å². The normalized spacial score (nSPS) is 10.6.